The van der Waals surface area contributed by atoms with Gasteiger partial charge in [0, 0.05) is 45.3 Å². The van der Waals surface area contributed by atoms with E-state index in [-0.39, 0.29) is 0 Å². The Bertz CT molecular complexity index is 1390. The quantitative estimate of drug-likeness (QED) is 0.423. The van der Waals surface area contributed by atoms with Gasteiger partial charge in [-0.1, -0.05) is 19.1 Å². The third kappa shape index (κ3) is 3.44. The van der Waals surface area contributed by atoms with Gasteiger partial charge < -0.3 is 0 Å². The summed E-state index contributed by atoms with van der Waals surface area (Å²) < 4.78 is 15.4. The van der Waals surface area contributed by atoms with Crippen molar-refractivity contribution < 1.29 is 4.21 Å². The Kier molecular flexibility index (Phi) is 4.91. The van der Waals surface area contributed by atoms with Gasteiger partial charge in [0.15, 0.2) is 0 Å². The zero-order valence-corrected chi connectivity index (χ0v) is 18.0. The van der Waals surface area contributed by atoms with E-state index in [1.807, 2.05) is 35.0 Å². The summed E-state index contributed by atoms with van der Waals surface area (Å²) >= 11 is 0. The normalized spacial score (nSPS) is 12.3. The van der Waals surface area contributed by atoms with Crippen molar-refractivity contribution in [2.45, 2.75) is 18.2 Å². The number of hydrogen-bond donors (Lipinski definition) is 0. The number of fused-ring (bicyclic) bond motifs is 1. The average Bonchev–Trinajstić information content (AvgIpc) is 3.44. The van der Waals surface area contributed by atoms with Crippen LogP contribution in [0.1, 0.15) is 12.6 Å². The summed E-state index contributed by atoms with van der Waals surface area (Å²) in [5.74, 6) is 0.543. The molecule has 1 atom stereocenters. The molecule has 0 saturated heterocycles. The molecule has 0 radical (unpaired) electrons. The number of aryl methyl sites for hydroxylation is 1. The fraction of sp³-hybridized carbons (Fsp3) is 0.130. The highest BCUT2D eigenvalue weighted by molar-refractivity contribution is 7.84. The second-order valence-corrected chi connectivity index (χ2v) is 8.45. The Morgan fingerprint density at radius 2 is 1.71 bits per heavy atom. The maximum absolute atomic E-state index is 11.7. The zero-order valence-electron chi connectivity index (χ0n) is 17.1. The predicted octanol–water partition coefficient (Wildman–Crippen LogP) is 3.97. The summed E-state index contributed by atoms with van der Waals surface area (Å²) in [5, 5.41) is 10.3. The molecule has 0 N–H and O–H groups in total. The van der Waals surface area contributed by atoms with Crippen LogP contribution >= 0.6 is 0 Å². The van der Waals surface area contributed by atoms with Crippen molar-refractivity contribution >= 4 is 21.7 Å². The summed E-state index contributed by atoms with van der Waals surface area (Å²) in [4.78, 5) is 9.54. The second kappa shape index (κ2) is 7.88. The molecule has 154 valence electrons. The van der Waals surface area contributed by atoms with Crippen LogP contribution in [0.2, 0.25) is 0 Å². The Labute approximate surface area is 181 Å². The van der Waals surface area contributed by atoms with Crippen LogP contribution in [0.4, 0.5) is 0 Å². The van der Waals surface area contributed by atoms with E-state index in [1.54, 1.807) is 35.6 Å². The van der Waals surface area contributed by atoms with Gasteiger partial charge in [-0.05, 0) is 48.9 Å². The molecule has 2 aromatic carbocycles. The molecule has 0 bridgehead atoms. The number of nitrogens with zero attached hydrogens (tertiary/aromatic N) is 6. The zero-order chi connectivity index (χ0) is 21.4. The second-order valence-electron chi connectivity index (χ2n) is 7.07. The van der Waals surface area contributed by atoms with Crippen LogP contribution in [0.3, 0.4) is 0 Å². The van der Waals surface area contributed by atoms with E-state index >= 15 is 0 Å². The van der Waals surface area contributed by atoms with Crippen LogP contribution < -0.4 is 0 Å². The van der Waals surface area contributed by atoms with Gasteiger partial charge in [-0.3, -0.25) is 4.21 Å². The highest BCUT2D eigenvalue weighted by Gasteiger charge is 2.15. The highest BCUT2D eigenvalue weighted by atomic mass is 32.2. The molecule has 31 heavy (non-hydrogen) atoms. The number of hydrogen-bond acceptors (Lipinski definition) is 5. The summed E-state index contributed by atoms with van der Waals surface area (Å²) in [6.45, 7) is 2.09. The first-order chi connectivity index (χ1) is 15.2. The molecule has 0 saturated carbocycles. The molecular weight excluding hydrogens is 408 g/mol. The molecule has 0 spiro atoms. The fourth-order valence-electron chi connectivity index (χ4n) is 3.66. The van der Waals surface area contributed by atoms with Gasteiger partial charge in [-0.2, -0.15) is 14.9 Å². The van der Waals surface area contributed by atoms with Crippen molar-refractivity contribution in [1.82, 2.24) is 29.5 Å². The minimum atomic E-state index is -1.01. The summed E-state index contributed by atoms with van der Waals surface area (Å²) in [6.07, 6.45) is 7.70. The summed E-state index contributed by atoms with van der Waals surface area (Å²) in [6, 6.07) is 17.7. The van der Waals surface area contributed by atoms with Gasteiger partial charge in [0.05, 0.1) is 28.8 Å². The van der Waals surface area contributed by atoms with E-state index in [0.717, 1.165) is 44.9 Å². The summed E-state index contributed by atoms with van der Waals surface area (Å²) in [7, 11) is -1.01. The molecule has 5 aromatic rings. The van der Waals surface area contributed by atoms with Crippen LogP contribution in [0.5, 0.6) is 0 Å². The highest BCUT2D eigenvalue weighted by Crippen LogP contribution is 2.29. The van der Waals surface area contributed by atoms with Crippen molar-refractivity contribution in [2.75, 3.05) is 6.26 Å². The predicted molar refractivity (Wildman–Crippen MR) is 121 cm³/mol. The molecular formula is C23H20N6OS. The maximum atomic E-state index is 11.7. The lowest BCUT2D eigenvalue weighted by Gasteiger charge is -2.09. The Morgan fingerprint density at radius 1 is 0.935 bits per heavy atom. The third-order valence-corrected chi connectivity index (χ3v) is 6.12. The van der Waals surface area contributed by atoms with Crippen LogP contribution in [0.15, 0.2) is 78.1 Å². The smallest absolute Gasteiger partial charge is 0.251 e. The van der Waals surface area contributed by atoms with Crippen molar-refractivity contribution in [3.8, 4) is 22.9 Å². The first-order valence-corrected chi connectivity index (χ1v) is 11.5. The number of aromatic nitrogens is 6. The van der Waals surface area contributed by atoms with Crippen molar-refractivity contribution in [1.29, 1.82) is 0 Å². The van der Waals surface area contributed by atoms with E-state index in [0.29, 0.717) is 5.95 Å². The van der Waals surface area contributed by atoms with Gasteiger partial charge >= 0.3 is 0 Å². The minimum Gasteiger partial charge on any atom is -0.255 e. The number of rotatable bonds is 5. The van der Waals surface area contributed by atoms with Gasteiger partial charge in [-0.25, -0.2) is 14.6 Å². The van der Waals surface area contributed by atoms with Gasteiger partial charge in [-0.15, -0.1) is 0 Å². The summed E-state index contributed by atoms with van der Waals surface area (Å²) in [5.41, 5.74) is 4.82. The largest absolute Gasteiger partial charge is 0.255 e. The third-order valence-electron chi connectivity index (χ3n) is 5.19. The van der Waals surface area contributed by atoms with Crippen LogP contribution in [0, 0.1) is 0 Å². The molecule has 3 aromatic heterocycles. The van der Waals surface area contributed by atoms with Crippen LogP contribution in [-0.4, -0.2) is 40.0 Å². The Hall–Kier alpha value is -3.65. The molecule has 0 aliphatic rings. The van der Waals surface area contributed by atoms with E-state index in [4.69, 9.17) is 5.10 Å². The van der Waals surface area contributed by atoms with Gasteiger partial charge in [0.1, 0.15) is 0 Å². The lowest BCUT2D eigenvalue weighted by atomic mass is 10.1. The molecule has 7 nitrogen and oxygen atoms in total. The Balaban J connectivity index is 1.64. The first-order valence-electron chi connectivity index (χ1n) is 9.93. The van der Waals surface area contributed by atoms with E-state index < -0.39 is 10.8 Å². The molecule has 3 heterocycles. The fourth-order valence-corrected chi connectivity index (χ4v) is 4.18. The molecule has 5 rings (SSSR count). The monoisotopic (exact) mass is 428 g/mol. The minimum absolute atomic E-state index is 0.543. The van der Waals surface area contributed by atoms with E-state index in [2.05, 4.69) is 40.2 Å². The van der Waals surface area contributed by atoms with Gasteiger partial charge in [0.2, 0.25) is 0 Å². The maximum Gasteiger partial charge on any atom is 0.251 e. The molecule has 0 fully saturated rings. The molecule has 0 aliphatic heterocycles. The molecule has 0 amide bonds. The van der Waals surface area contributed by atoms with E-state index in [9.17, 15) is 4.21 Å². The molecule has 0 aliphatic carbocycles. The van der Waals surface area contributed by atoms with Crippen LogP contribution in [0.25, 0.3) is 33.8 Å². The van der Waals surface area contributed by atoms with Crippen molar-refractivity contribution in [3.05, 3.63) is 78.9 Å². The van der Waals surface area contributed by atoms with Gasteiger partial charge in [0.25, 0.3) is 5.95 Å². The molecule has 8 heteroatoms. The average molecular weight is 429 g/mol. The van der Waals surface area contributed by atoms with E-state index in [1.165, 1.54) is 0 Å². The number of benzene rings is 2. The first kappa shape index (κ1) is 19.3. The lowest BCUT2D eigenvalue weighted by Crippen LogP contribution is -2.02. The molecule has 1 unspecified atom stereocenters. The SMILES string of the molecule is CCc1nn(-c2ncccn2)c2cc(-c3ccnn3-c3ccc(S(C)=O)cc3)ccc12. The van der Waals surface area contributed by atoms with Crippen LogP contribution in [-0.2, 0) is 17.2 Å². The topological polar surface area (TPSA) is 78.5 Å². The van der Waals surface area contributed by atoms with Crippen molar-refractivity contribution in [3.63, 3.8) is 0 Å². The lowest BCUT2D eigenvalue weighted by molar-refractivity contribution is 0.687. The standard InChI is InChI=1S/C23H20N6OS/c1-3-20-19-10-5-16(15-22(19)29(27-20)23-24-12-4-13-25-23)21-11-14-26-28(21)17-6-8-18(9-7-17)31(2)30/h4-15H,3H2,1-2H3. The Morgan fingerprint density at radius 3 is 2.42 bits per heavy atom. The van der Waals surface area contributed by atoms with Crippen molar-refractivity contribution in [2.24, 2.45) is 0 Å².